The van der Waals surface area contributed by atoms with Crippen molar-refractivity contribution in [1.82, 2.24) is 10.6 Å². The molecule has 1 rings (SSSR count). The third kappa shape index (κ3) is 3.37. The monoisotopic (exact) mass is 217 g/mol. The van der Waals surface area contributed by atoms with Crippen molar-refractivity contribution in [2.45, 2.75) is 26.0 Å². The van der Waals surface area contributed by atoms with Crippen LogP contribution in [0.5, 0.6) is 0 Å². The number of hydrogen-bond acceptors (Lipinski definition) is 4. The number of thioether (sulfide) groups is 1. The van der Waals surface area contributed by atoms with Gasteiger partial charge in [0.1, 0.15) is 5.25 Å². The minimum atomic E-state index is -0.431. The van der Waals surface area contributed by atoms with E-state index in [-0.39, 0.29) is 30.8 Å². The molecule has 0 spiro atoms. The smallest absolute Gasteiger partial charge is 0.240 e. The van der Waals surface area contributed by atoms with E-state index in [9.17, 15) is 9.59 Å². The van der Waals surface area contributed by atoms with Crippen LogP contribution >= 0.6 is 11.8 Å². The molecule has 1 heterocycles. The van der Waals surface area contributed by atoms with E-state index >= 15 is 0 Å². The fraction of sp³-hybridized carbons (Fsp3) is 0.625. The van der Waals surface area contributed by atoms with Crippen LogP contribution < -0.4 is 10.6 Å². The van der Waals surface area contributed by atoms with Crippen LogP contribution in [-0.4, -0.2) is 28.8 Å². The standard InChI is InChI=1S/C7H11N3O2S.CH4/c1-2-9-5(11)3-4-6(12)10-7(8)13-4;/h4H,2-3H2,1H3,(H,9,11)(H2,8,10,12);1H4. The van der Waals surface area contributed by atoms with E-state index in [2.05, 4.69) is 10.6 Å². The summed E-state index contributed by atoms with van der Waals surface area (Å²) >= 11 is 1.09. The van der Waals surface area contributed by atoms with Crippen molar-refractivity contribution in [2.75, 3.05) is 6.54 Å². The molecule has 0 aromatic heterocycles. The molecule has 1 aliphatic rings. The summed E-state index contributed by atoms with van der Waals surface area (Å²) in [5, 5.41) is 11.8. The first-order valence-electron chi connectivity index (χ1n) is 3.96. The predicted molar refractivity (Wildman–Crippen MR) is 57.3 cm³/mol. The van der Waals surface area contributed by atoms with Gasteiger partial charge < -0.3 is 10.6 Å². The first kappa shape index (κ1) is 13.0. The fourth-order valence-corrected chi connectivity index (χ4v) is 1.83. The Labute approximate surface area is 87.5 Å². The van der Waals surface area contributed by atoms with Gasteiger partial charge >= 0.3 is 0 Å². The zero-order chi connectivity index (χ0) is 9.84. The lowest BCUT2D eigenvalue weighted by Crippen LogP contribution is -2.30. The van der Waals surface area contributed by atoms with Crippen LogP contribution in [0, 0.1) is 5.41 Å². The van der Waals surface area contributed by atoms with Gasteiger partial charge in [0, 0.05) is 13.0 Å². The SMILES string of the molecule is C.CCNC(=O)CC1SC(=N)NC1=O. The zero-order valence-electron chi connectivity index (χ0n) is 7.22. The molecule has 1 atom stereocenters. The van der Waals surface area contributed by atoms with Crippen molar-refractivity contribution in [2.24, 2.45) is 0 Å². The van der Waals surface area contributed by atoms with Crippen molar-refractivity contribution in [3.05, 3.63) is 0 Å². The van der Waals surface area contributed by atoms with Crippen molar-refractivity contribution in [3.8, 4) is 0 Å². The first-order chi connectivity index (χ1) is 6.13. The summed E-state index contributed by atoms with van der Waals surface area (Å²) in [5.74, 6) is -0.397. The average Bonchev–Trinajstić information content (AvgIpc) is 2.30. The van der Waals surface area contributed by atoms with Crippen LogP contribution in [0.15, 0.2) is 0 Å². The molecule has 0 saturated carbocycles. The molecule has 6 heteroatoms. The molecule has 2 amide bonds. The van der Waals surface area contributed by atoms with Gasteiger partial charge in [-0.3, -0.25) is 15.0 Å². The predicted octanol–water partition coefficient (Wildman–Crippen LogP) is 0.315. The Balaban J connectivity index is 0.00000169. The molecule has 0 aliphatic carbocycles. The Morgan fingerprint density at radius 3 is 2.79 bits per heavy atom. The third-order valence-corrected chi connectivity index (χ3v) is 2.54. The molecule has 0 aromatic carbocycles. The number of hydrogen-bond donors (Lipinski definition) is 3. The van der Waals surface area contributed by atoms with E-state index in [0.717, 1.165) is 11.8 Å². The van der Waals surface area contributed by atoms with Gasteiger partial charge in [0.05, 0.1) is 0 Å². The van der Waals surface area contributed by atoms with Gasteiger partial charge in [-0.05, 0) is 6.92 Å². The van der Waals surface area contributed by atoms with Gasteiger partial charge in [-0.25, -0.2) is 0 Å². The van der Waals surface area contributed by atoms with Gasteiger partial charge in [-0.15, -0.1) is 0 Å². The normalized spacial score (nSPS) is 19.9. The minimum Gasteiger partial charge on any atom is -0.356 e. The molecule has 0 bridgehead atoms. The molecule has 1 saturated heterocycles. The van der Waals surface area contributed by atoms with Gasteiger partial charge in [0.25, 0.3) is 0 Å². The number of nitrogens with one attached hydrogen (secondary N) is 3. The summed E-state index contributed by atoms with van der Waals surface area (Å²) in [7, 11) is 0. The van der Waals surface area contributed by atoms with Crippen LogP contribution in [0.4, 0.5) is 0 Å². The highest BCUT2D eigenvalue weighted by atomic mass is 32.2. The van der Waals surface area contributed by atoms with Crippen LogP contribution in [-0.2, 0) is 9.59 Å². The summed E-state index contributed by atoms with van der Waals surface area (Å²) in [5.41, 5.74) is 0. The van der Waals surface area contributed by atoms with Gasteiger partial charge in [0.2, 0.25) is 11.8 Å². The molecule has 80 valence electrons. The Hall–Kier alpha value is -1.04. The Morgan fingerprint density at radius 2 is 2.36 bits per heavy atom. The largest absolute Gasteiger partial charge is 0.356 e. The summed E-state index contributed by atoms with van der Waals surface area (Å²) < 4.78 is 0. The molecule has 0 radical (unpaired) electrons. The van der Waals surface area contributed by atoms with E-state index in [1.54, 1.807) is 0 Å². The maximum atomic E-state index is 11.1. The molecule has 5 nitrogen and oxygen atoms in total. The highest BCUT2D eigenvalue weighted by molar-refractivity contribution is 8.15. The second-order valence-electron chi connectivity index (χ2n) is 2.58. The maximum absolute atomic E-state index is 11.1. The van der Waals surface area contributed by atoms with Crippen molar-refractivity contribution < 1.29 is 9.59 Å². The molecule has 14 heavy (non-hydrogen) atoms. The highest BCUT2D eigenvalue weighted by Gasteiger charge is 2.30. The van der Waals surface area contributed by atoms with Crippen molar-refractivity contribution in [3.63, 3.8) is 0 Å². The topological polar surface area (TPSA) is 82.1 Å². The van der Waals surface area contributed by atoms with Gasteiger partial charge in [0.15, 0.2) is 5.17 Å². The number of carbonyl (C=O) groups excluding carboxylic acids is 2. The van der Waals surface area contributed by atoms with Crippen molar-refractivity contribution >= 4 is 28.7 Å². The fourth-order valence-electron chi connectivity index (χ4n) is 0.990. The summed E-state index contributed by atoms with van der Waals surface area (Å²) in [6.45, 7) is 2.39. The zero-order valence-corrected chi connectivity index (χ0v) is 8.03. The number of rotatable bonds is 3. The lowest BCUT2D eigenvalue weighted by atomic mass is 10.3. The molecule has 3 N–H and O–H groups in total. The first-order valence-corrected chi connectivity index (χ1v) is 4.84. The second-order valence-corrected chi connectivity index (χ2v) is 3.80. The van der Waals surface area contributed by atoms with Crippen LogP contribution in [0.1, 0.15) is 20.8 Å². The lowest BCUT2D eigenvalue weighted by molar-refractivity contribution is -0.125. The number of carbonyl (C=O) groups is 2. The van der Waals surface area contributed by atoms with E-state index in [1.165, 1.54) is 0 Å². The van der Waals surface area contributed by atoms with E-state index in [4.69, 9.17) is 5.41 Å². The lowest BCUT2D eigenvalue weighted by Gasteiger charge is -2.04. The minimum absolute atomic E-state index is 0. The van der Waals surface area contributed by atoms with E-state index in [1.807, 2.05) is 6.92 Å². The van der Waals surface area contributed by atoms with Crippen LogP contribution in [0.2, 0.25) is 0 Å². The average molecular weight is 217 g/mol. The molecule has 0 aromatic rings. The Bertz CT molecular complexity index is 255. The van der Waals surface area contributed by atoms with Gasteiger partial charge in [-0.1, -0.05) is 19.2 Å². The van der Waals surface area contributed by atoms with E-state index in [0.29, 0.717) is 6.54 Å². The van der Waals surface area contributed by atoms with Crippen molar-refractivity contribution in [1.29, 1.82) is 5.41 Å². The maximum Gasteiger partial charge on any atom is 0.240 e. The number of amides is 2. The quantitative estimate of drug-likeness (QED) is 0.636. The molecule has 1 aliphatic heterocycles. The van der Waals surface area contributed by atoms with Crippen LogP contribution in [0.25, 0.3) is 0 Å². The summed E-state index contributed by atoms with van der Waals surface area (Å²) in [4.78, 5) is 22.1. The summed E-state index contributed by atoms with van der Waals surface area (Å²) in [6, 6.07) is 0. The third-order valence-electron chi connectivity index (χ3n) is 1.53. The highest BCUT2D eigenvalue weighted by Crippen LogP contribution is 2.20. The Morgan fingerprint density at radius 1 is 1.71 bits per heavy atom. The number of amidine groups is 1. The summed E-state index contributed by atoms with van der Waals surface area (Å²) in [6.07, 6.45) is 0.146. The van der Waals surface area contributed by atoms with E-state index < -0.39 is 5.25 Å². The molecular weight excluding hydrogens is 202 g/mol. The van der Waals surface area contributed by atoms with Crippen LogP contribution in [0.3, 0.4) is 0 Å². The molecule has 1 unspecified atom stereocenters. The molecular formula is C8H15N3O2S. The van der Waals surface area contributed by atoms with Gasteiger partial charge in [-0.2, -0.15) is 0 Å². The molecule has 1 fully saturated rings. The second kappa shape index (κ2) is 5.64. The Kier molecular flexibility index (Phi) is 5.22.